The Kier molecular flexibility index (Phi) is 6.47. The summed E-state index contributed by atoms with van der Waals surface area (Å²) in [7, 11) is -3.66. The molecule has 0 amide bonds. The van der Waals surface area contributed by atoms with Gasteiger partial charge in [-0.3, -0.25) is 19.5 Å². The molecule has 0 unspecified atom stereocenters. The van der Waals surface area contributed by atoms with Crippen molar-refractivity contribution in [2.75, 3.05) is 7.11 Å². The summed E-state index contributed by atoms with van der Waals surface area (Å²) in [5.41, 5.74) is -1.72. The minimum atomic E-state index is -5.04. The monoisotopic (exact) mass is 415 g/mol. The molecule has 3 rings (SSSR count). The Labute approximate surface area is 180 Å². The maximum Gasteiger partial charge on any atom is 1.00 e. The second-order valence-corrected chi connectivity index (χ2v) is 6.21. The first-order chi connectivity index (χ1) is 12.7. The summed E-state index contributed by atoms with van der Waals surface area (Å²) >= 11 is 0. The van der Waals surface area contributed by atoms with Gasteiger partial charge in [0.15, 0.2) is 5.69 Å². The number of nitro benzene ring substituents is 1. The van der Waals surface area contributed by atoms with Crippen LogP contribution in [-0.4, -0.2) is 25.0 Å². The molecule has 28 heavy (non-hydrogen) atoms. The molecule has 0 aliphatic rings. The number of hydrogen-bond acceptors (Lipinski definition) is 8. The summed E-state index contributed by atoms with van der Waals surface area (Å²) in [5, 5.41) is 11.0. The maximum absolute atomic E-state index is 12.9. The minimum absolute atomic E-state index is 0. The Bertz CT molecular complexity index is 1220. The molecule has 0 saturated carbocycles. The predicted octanol–water partition coefficient (Wildman–Crippen LogP) is -0.637. The van der Waals surface area contributed by atoms with Gasteiger partial charge in [0.05, 0.1) is 18.1 Å². The van der Waals surface area contributed by atoms with E-state index >= 15 is 0 Å². The van der Waals surface area contributed by atoms with E-state index in [9.17, 15) is 23.3 Å². The fourth-order valence-corrected chi connectivity index (χ4v) is 2.71. The third-order valence-electron chi connectivity index (χ3n) is 3.52. The molecule has 0 spiro atoms. The molecule has 3 aromatic rings. The number of rotatable bonds is 5. The van der Waals surface area contributed by atoms with E-state index in [1.807, 2.05) is 0 Å². The summed E-state index contributed by atoms with van der Waals surface area (Å²) in [6.07, 6.45) is 0. The van der Waals surface area contributed by atoms with E-state index < -0.39 is 37.9 Å². The molecule has 0 aliphatic heterocycles. The number of nitrogens with zero attached hydrogens (tertiary/aromatic N) is 1. The van der Waals surface area contributed by atoms with Crippen molar-refractivity contribution in [2.45, 2.75) is 0 Å². The molecule has 0 saturated heterocycles. The first kappa shape index (κ1) is 21.9. The topological polar surface area (TPSA) is 146 Å². The standard InChI is InChI=1S/C16H10NO9S.Na/c1-24-11-5-6-12-13(8-11)25-16(26-27(21,22)23)14(15(12)18)9-3-2-4-10(7-9)17(19)20;/h2-3,5-8H,1H3,(H,21,22,23);/q-1;+1. The van der Waals surface area contributed by atoms with Gasteiger partial charge >= 0.3 is 45.9 Å². The predicted molar refractivity (Wildman–Crippen MR) is 92.1 cm³/mol. The van der Waals surface area contributed by atoms with Crippen molar-refractivity contribution in [3.63, 3.8) is 0 Å². The summed E-state index contributed by atoms with van der Waals surface area (Å²) < 4.78 is 46.0. The van der Waals surface area contributed by atoms with E-state index in [0.29, 0.717) is 5.75 Å². The number of methoxy groups -OCH3 is 1. The third kappa shape index (κ3) is 4.51. The summed E-state index contributed by atoms with van der Waals surface area (Å²) in [4.78, 5) is 23.1. The van der Waals surface area contributed by atoms with E-state index in [1.54, 1.807) is 0 Å². The van der Waals surface area contributed by atoms with Crippen LogP contribution < -0.4 is 43.9 Å². The zero-order valence-electron chi connectivity index (χ0n) is 14.5. The van der Waals surface area contributed by atoms with Gasteiger partial charge in [-0.25, -0.2) is 0 Å². The second-order valence-electron chi connectivity index (χ2n) is 5.19. The number of fused-ring (bicyclic) bond motifs is 1. The fourth-order valence-electron chi connectivity index (χ4n) is 2.40. The van der Waals surface area contributed by atoms with Gasteiger partial charge in [0, 0.05) is 11.0 Å². The first-order valence-electron chi connectivity index (χ1n) is 7.18. The Morgan fingerprint density at radius 3 is 2.57 bits per heavy atom. The Hall–Kier alpha value is -2.44. The van der Waals surface area contributed by atoms with Crippen LogP contribution in [0, 0.1) is 16.2 Å². The molecular formula is C16H10NNaO9S. The van der Waals surface area contributed by atoms with E-state index in [2.05, 4.69) is 10.2 Å². The molecule has 1 heterocycles. The number of hydrogen-bond donors (Lipinski definition) is 1. The zero-order valence-corrected chi connectivity index (χ0v) is 17.3. The van der Waals surface area contributed by atoms with Crippen LogP contribution in [0.3, 0.4) is 0 Å². The van der Waals surface area contributed by atoms with Crippen molar-refractivity contribution in [2.24, 2.45) is 0 Å². The largest absolute Gasteiger partial charge is 1.00 e. The molecule has 10 nitrogen and oxygen atoms in total. The van der Waals surface area contributed by atoms with Crippen molar-refractivity contribution in [1.82, 2.24) is 0 Å². The van der Waals surface area contributed by atoms with Gasteiger partial charge in [-0.2, -0.15) is 20.6 Å². The molecule has 0 aliphatic carbocycles. The van der Waals surface area contributed by atoms with E-state index in [1.165, 1.54) is 37.4 Å². The zero-order chi connectivity index (χ0) is 19.8. The summed E-state index contributed by atoms with van der Waals surface area (Å²) in [5.74, 6) is -0.523. The van der Waals surface area contributed by atoms with Crippen molar-refractivity contribution in [1.29, 1.82) is 0 Å². The van der Waals surface area contributed by atoms with Gasteiger partial charge in [0.1, 0.15) is 11.3 Å². The van der Waals surface area contributed by atoms with Gasteiger partial charge in [0.25, 0.3) is 0 Å². The maximum atomic E-state index is 12.9. The molecule has 0 fully saturated rings. The van der Waals surface area contributed by atoms with Crippen LogP contribution >= 0.6 is 0 Å². The SMILES string of the molecule is COc1ccc2c(=O)c(-c3cc[c-]c([N+](=O)[O-])c3)c(OS(=O)(=O)O)oc2c1.[Na+]. The molecular weight excluding hydrogens is 405 g/mol. The first-order valence-corrected chi connectivity index (χ1v) is 8.54. The Balaban J connectivity index is 0.00000280. The van der Waals surface area contributed by atoms with Crippen molar-refractivity contribution in [3.05, 3.63) is 62.8 Å². The number of nitro groups is 1. The van der Waals surface area contributed by atoms with Gasteiger partial charge in [-0.05, 0) is 12.1 Å². The van der Waals surface area contributed by atoms with E-state index in [-0.39, 0.29) is 46.1 Å². The van der Waals surface area contributed by atoms with Gasteiger partial charge < -0.3 is 13.3 Å². The molecule has 1 N–H and O–H groups in total. The van der Waals surface area contributed by atoms with Gasteiger partial charge in [0.2, 0.25) is 5.43 Å². The van der Waals surface area contributed by atoms with Crippen molar-refractivity contribution >= 4 is 27.1 Å². The van der Waals surface area contributed by atoms with Crippen LogP contribution in [0.4, 0.5) is 5.69 Å². The Morgan fingerprint density at radius 1 is 1.25 bits per heavy atom. The Morgan fingerprint density at radius 2 is 1.96 bits per heavy atom. The smallest absolute Gasteiger partial charge is 0.497 e. The molecule has 1 aromatic heterocycles. The average molecular weight is 415 g/mol. The quantitative estimate of drug-likeness (QED) is 0.189. The van der Waals surface area contributed by atoms with Crippen LogP contribution in [0.1, 0.15) is 0 Å². The van der Waals surface area contributed by atoms with E-state index in [4.69, 9.17) is 13.7 Å². The van der Waals surface area contributed by atoms with Crippen LogP contribution in [-0.2, 0) is 10.4 Å². The van der Waals surface area contributed by atoms with Crippen LogP contribution in [0.2, 0.25) is 0 Å². The normalized spacial score (nSPS) is 10.9. The van der Waals surface area contributed by atoms with Crippen LogP contribution in [0.5, 0.6) is 11.7 Å². The van der Waals surface area contributed by atoms with Gasteiger partial charge in [-0.1, -0.05) is 6.07 Å². The summed E-state index contributed by atoms with van der Waals surface area (Å²) in [6.45, 7) is 0. The van der Waals surface area contributed by atoms with Crippen molar-refractivity contribution in [3.8, 4) is 22.8 Å². The van der Waals surface area contributed by atoms with Gasteiger partial charge in [-0.15, -0.1) is 11.6 Å². The summed E-state index contributed by atoms with van der Waals surface area (Å²) in [6, 6.07) is 10.0. The number of ether oxygens (including phenoxy) is 1. The second kappa shape index (κ2) is 8.29. The minimum Gasteiger partial charge on any atom is -0.497 e. The molecule has 2 aromatic carbocycles. The third-order valence-corrected chi connectivity index (χ3v) is 3.88. The molecule has 0 radical (unpaired) electrons. The molecule has 0 atom stereocenters. The number of benzene rings is 2. The number of non-ortho nitro benzene ring substituents is 1. The van der Waals surface area contributed by atoms with Crippen molar-refractivity contribution < 1.29 is 60.8 Å². The van der Waals surface area contributed by atoms with Crippen LogP contribution in [0.15, 0.2) is 45.6 Å². The molecule has 140 valence electrons. The molecule has 12 heteroatoms. The molecule has 0 bridgehead atoms. The van der Waals surface area contributed by atoms with E-state index in [0.717, 1.165) is 6.07 Å². The van der Waals surface area contributed by atoms with Crippen LogP contribution in [0.25, 0.3) is 22.1 Å². The fraction of sp³-hybridized carbons (Fsp3) is 0.0625. The average Bonchev–Trinajstić information content (AvgIpc) is 2.60.